The van der Waals surface area contributed by atoms with Crippen LogP contribution in [-0.2, 0) is 0 Å². The molecule has 0 bridgehead atoms. The van der Waals surface area contributed by atoms with E-state index in [0.29, 0.717) is 17.3 Å². The van der Waals surface area contributed by atoms with Crippen LogP contribution in [0.3, 0.4) is 0 Å². The van der Waals surface area contributed by atoms with Crippen molar-refractivity contribution in [3.63, 3.8) is 0 Å². The summed E-state index contributed by atoms with van der Waals surface area (Å²) in [7, 11) is 0. The van der Waals surface area contributed by atoms with Gasteiger partial charge in [0, 0.05) is 16.6 Å². The second-order valence-corrected chi connectivity index (χ2v) is 5.71. The third-order valence-corrected chi connectivity index (χ3v) is 3.92. The Morgan fingerprint density at radius 1 is 0.960 bits per heavy atom. The molecule has 122 valence electrons. The molecule has 0 fully saturated rings. The maximum Gasteiger partial charge on any atom is 0.163 e. The molecule has 2 heterocycles. The van der Waals surface area contributed by atoms with E-state index < -0.39 is 5.82 Å². The summed E-state index contributed by atoms with van der Waals surface area (Å²) >= 11 is 5.86. The molecule has 1 N–H and O–H groups in total. The number of nitrogens with one attached hydrogen (secondary N) is 1. The fourth-order valence-corrected chi connectivity index (χ4v) is 2.62. The molecule has 0 spiro atoms. The van der Waals surface area contributed by atoms with E-state index in [1.165, 1.54) is 12.1 Å². The molecule has 4 aromatic rings. The molecule has 25 heavy (non-hydrogen) atoms. The predicted octanol–water partition coefficient (Wildman–Crippen LogP) is 4.62. The first kappa shape index (κ1) is 15.4. The maximum absolute atomic E-state index is 13.4. The third-order valence-electron chi connectivity index (χ3n) is 3.63. The summed E-state index contributed by atoms with van der Waals surface area (Å²) in [4.78, 5) is 9.17. The Hall–Kier alpha value is -3.12. The number of benzene rings is 2. The van der Waals surface area contributed by atoms with Crippen molar-refractivity contribution in [3.05, 3.63) is 71.8 Å². The number of hydrogen-bond donors (Lipinski definition) is 1. The van der Waals surface area contributed by atoms with Crippen LogP contribution in [0.4, 0.5) is 15.9 Å². The summed E-state index contributed by atoms with van der Waals surface area (Å²) in [6.45, 7) is 0. The number of aromatic nitrogens is 4. The number of fused-ring (bicyclic) bond motifs is 1. The number of para-hydroxylation sites is 1. The molecule has 0 amide bonds. The standard InChI is InChI=1S/C18H11ClFN5/c19-14-9-12(5-6-15(14)20)23-18-13-3-1-2-4-16(13)24-17(25-18)11-7-8-21-22-10-11/h1-10H,(H,23,24,25). The normalized spacial score (nSPS) is 10.8. The van der Waals surface area contributed by atoms with Gasteiger partial charge in [-0.3, -0.25) is 0 Å². The highest BCUT2D eigenvalue weighted by molar-refractivity contribution is 6.31. The highest BCUT2D eigenvalue weighted by Gasteiger charge is 2.10. The van der Waals surface area contributed by atoms with E-state index >= 15 is 0 Å². The Bertz CT molecular complexity index is 1060. The van der Waals surface area contributed by atoms with Crippen LogP contribution in [0.25, 0.3) is 22.3 Å². The lowest BCUT2D eigenvalue weighted by atomic mass is 10.2. The summed E-state index contributed by atoms with van der Waals surface area (Å²) in [5, 5.41) is 11.7. The van der Waals surface area contributed by atoms with E-state index in [0.717, 1.165) is 16.5 Å². The lowest BCUT2D eigenvalue weighted by molar-refractivity contribution is 0.628. The van der Waals surface area contributed by atoms with Crippen molar-refractivity contribution >= 4 is 34.0 Å². The Kier molecular flexibility index (Phi) is 3.95. The van der Waals surface area contributed by atoms with Gasteiger partial charge in [-0.05, 0) is 36.4 Å². The molecule has 5 nitrogen and oxygen atoms in total. The van der Waals surface area contributed by atoms with E-state index in [1.54, 1.807) is 24.5 Å². The number of rotatable bonds is 3. The van der Waals surface area contributed by atoms with Crippen LogP contribution >= 0.6 is 11.6 Å². The van der Waals surface area contributed by atoms with Crippen molar-refractivity contribution in [1.82, 2.24) is 20.2 Å². The van der Waals surface area contributed by atoms with Gasteiger partial charge in [0.15, 0.2) is 5.82 Å². The zero-order valence-corrected chi connectivity index (χ0v) is 13.6. The maximum atomic E-state index is 13.4. The highest BCUT2D eigenvalue weighted by Crippen LogP contribution is 2.28. The van der Waals surface area contributed by atoms with E-state index in [4.69, 9.17) is 11.6 Å². The molecule has 0 unspecified atom stereocenters. The van der Waals surface area contributed by atoms with Gasteiger partial charge >= 0.3 is 0 Å². The van der Waals surface area contributed by atoms with Gasteiger partial charge in [-0.1, -0.05) is 23.7 Å². The minimum Gasteiger partial charge on any atom is -0.340 e. The number of anilines is 2. The minimum atomic E-state index is -0.469. The number of nitrogens with zero attached hydrogens (tertiary/aromatic N) is 4. The average Bonchev–Trinajstić information content (AvgIpc) is 2.65. The lowest BCUT2D eigenvalue weighted by Crippen LogP contribution is -2.00. The fourth-order valence-electron chi connectivity index (χ4n) is 2.43. The zero-order chi connectivity index (χ0) is 17.2. The molecule has 2 aromatic heterocycles. The first-order valence-corrected chi connectivity index (χ1v) is 7.84. The summed E-state index contributed by atoms with van der Waals surface area (Å²) in [6.07, 6.45) is 3.18. The van der Waals surface area contributed by atoms with Crippen molar-refractivity contribution in [1.29, 1.82) is 0 Å². The van der Waals surface area contributed by atoms with Gasteiger partial charge < -0.3 is 5.32 Å². The van der Waals surface area contributed by atoms with Gasteiger partial charge in [-0.25, -0.2) is 14.4 Å². The van der Waals surface area contributed by atoms with Gasteiger partial charge in [0.2, 0.25) is 0 Å². The van der Waals surface area contributed by atoms with Crippen LogP contribution in [0.15, 0.2) is 60.9 Å². The van der Waals surface area contributed by atoms with Crippen LogP contribution in [-0.4, -0.2) is 20.2 Å². The molecule has 7 heteroatoms. The van der Waals surface area contributed by atoms with Gasteiger partial charge in [0.05, 0.1) is 22.9 Å². The predicted molar refractivity (Wildman–Crippen MR) is 95.3 cm³/mol. The lowest BCUT2D eigenvalue weighted by Gasteiger charge is -2.11. The number of hydrogen-bond acceptors (Lipinski definition) is 5. The van der Waals surface area contributed by atoms with Crippen molar-refractivity contribution < 1.29 is 4.39 Å². The van der Waals surface area contributed by atoms with Crippen LogP contribution in [0.2, 0.25) is 5.02 Å². The molecule has 0 saturated carbocycles. The molecular formula is C18H11ClFN5. The van der Waals surface area contributed by atoms with Crippen molar-refractivity contribution in [3.8, 4) is 11.4 Å². The van der Waals surface area contributed by atoms with Gasteiger partial charge in [-0.15, -0.1) is 0 Å². The van der Waals surface area contributed by atoms with Crippen LogP contribution in [0, 0.1) is 5.82 Å². The average molecular weight is 352 g/mol. The first-order chi connectivity index (χ1) is 12.2. The molecule has 4 rings (SSSR count). The summed E-state index contributed by atoms with van der Waals surface area (Å²) in [6, 6.07) is 13.8. The molecular weight excluding hydrogens is 341 g/mol. The minimum absolute atomic E-state index is 0.0434. The monoisotopic (exact) mass is 351 g/mol. The highest BCUT2D eigenvalue weighted by atomic mass is 35.5. The molecule has 0 aliphatic heterocycles. The Morgan fingerprint density at radius 3 is 2.64 bits per heavy atom. The number of halogens is 2. The molecule has 0 aliphatic carbocycles. The second kappa shape index (κ2) is 6.41. The Labute approximate surface area is 147 Å². The smallest absolute Gasteiger partial charge is 0.163 e. The van der Waals surface area contributed by atoms with Gasteiger partial charge in [0.1, 0.15) is 11.6 Å². The fraction of sp³-hybridized carbons (Fsp3) is 0. The van der Waals surface area contributed by atoms with Gasteiger partial charge in [0.25, 0.3) is 0 Å². The van der Waals surface area contributed by atoms with Gasteiger partial charge in [-0.2, -0.15) is 10.2 Å². The summed E-state index contributed by atoms with van der Waals surface area (Å²) in [5.74, 6) is 0.646. The Balaban J connectivity index is 1.85. The molecule has 0 saturated heterocycles. The molecule has 0 radical (unpaired) electrons. The molecule has 0 atom stereocenters. The molecule has 0 aliphatic rings. The van der Waals surface area contributed by atoms with Crippen molar-refractivity contribution in [2.24, 2.45) is 0 Å². The van der Waals surface area contributed by atoms with Crippen LogP contribution in [0.1, 0.15) is 0 Å². The topological polar surface area (TPSA) is 63.6 Å². The van der Waals surface area contributed by atoms with E-state index in [9.17, 15) is 4.39 Å². The largest absolute Gasteiger partial charge is 0.340 e. The third kappa shape index (κ3) is 3.12. The zero-order valence-electron chi connectivity index (χ0n) is 12.8. The second-order valence-electron chi connectivity index (χ2n) is 5.30. The summed E-state index contributed by atoms with van der Waals surface area (Å²) in [5.41, 5.74) is 2.16. The van der Waals surface area contributed by atoms with Crippen LogP contribution < -0.4 is 5.32 Å². The molecule has 2 aromatic carbocycles. The van der Waals surface area contributed by atoms with E-state index in [-0.39, 0.29) is 5.02 Å². The van der Waals surface area contributed by atoms with Crippen molar-refractivity contribution in [2.45, 2.75) is 0 Å². The van der Waals surface area contributed by atoms with Crippen molar-refractivity contribution in [2.75, 3.05) is 5.32 Å². The van der Waals surface area contributed by atoms with Crippen LogP contribution in [0.5, 0.6) is 0 Å². The first-order valence-electron chi connectivity index (χ1n) is 7.46. The van der Waals surface area contributed by atoms with E-state index in [1.807, 2.05) is 24.3 Å². The SMILES string of the molecule is Fc1ccc(Nc2nc(-c3ccnnc3)nc3ccccc23)cc1Cl. The Morgan fingerprint density at radius 2 is 1.84 bits per heavy atom. The quantitative estimate of drug-likeness (QED) is 0.583. The summed E-state index contributed by atoms with van der Waals surface area (Å²) < 4.78 is 13.4. The van der Waals surface area contributed by atoms with E-state index in [2.05, 4.69) is 25.5 Å².